The summed E-state index contributed by atoms with van der Waals surface area (Å²) < 4.78 is 0. The second-order valence-corrected chi connectivity index (χ2v) is 5.20. The Morgan fingerprint density at radius 1 is 1.05 bits per heavy atom. The average Bonchev–Trinajstić information content (AvgIpc) is 2.44. The number of nitrogens with two attached hydrogens (primary N) is 1. The molecule has 20 heavy (non-hydrogen) atoms. The molecule has 3 N–H and O–H groups in total. The number of halogens is 2. The van der Waals surface area contributed by atoms with Crippen molar-refractivity contribution < 1.29 is 4.79 Å². The van der Waals surface area contributed by atoms with Gasteiger partial charge in [-0.15, -0.1) is 0 Å². The molecule has 104 valence electrons. The van der Waals surface area contributed by atoms with E-state index in [4.69, 9.17) is 28.9 Å². The largest absolute Gasteiger partial charge is 0.322 e. The summed E-state index contributed by atoms with van der Waals surface area (Å²) >= 11 is 12.0. The van der Waals surface area contributed by atoms with Crippen LogP contribution in [0.5, 0.6) is 0 Å². The first kappa shape index (κ1) is 14.9. The Bertz CT molecular complexity index is 582. The highest BCUT2D eigenvalue weighted by Gasteiger charge is 2.16. The lowest BCUT2D eigenvalue weighted by atomic mass is 10.1. The fourth-order valence-electron chi connectivity index (χ4n) is 1.79. The van der Waals surface area contributed by atoms with Gasteiger partial charge in [-0.3, -0.25) is 4.79 Å². The number of carbonyl (C=O) groups excluding carboxylic acids is 1. The third kappa shape index (κ3) is 3.73. The molecule has 1 atom stereocenters. The van der Waals surface area contributed by atoms with E-state index in [1.165, 1.54) is 0 Å². The van der Waals surface area contributed by atoms with Crippen LogP contribution in [-0.2, 0) is 11.2 Å². The van der Waals surface area contributed by atoms with Crippen molar-refractivity contribution in [2.45, 2.75) is 12.5 Å². The molecule has 0 aliphatic carbocycles. The Morgan fingerprint density at radius 2 is 1.65 bits per heavy atom. The minimum atomic E-state index is -0.662. The van der Waals surface area contributed by atoms with Crippen LogP contribution in [0.15, 0.2) is 48.5 Å². The fraction of sp³-hybridized carbons (Fsp3) is 0.133. The van der Waals surface area contributed by atoms with Gasteiger partial charge in [0.2, 0.25) is 5.91 Å². The van der Waals surface area contributed by atoms with Gasteiger partial charge < -0.3 is 11.1 Å². The molecule has 0 fully saturated rings. The summed E-state index contributed by atoms with van der Waals surface area (Å²) in [6.45, 7) is 0. The Morgan fingerprint density at radius 3 is 2.25 bits per heavy atom. The highest BCUT2D eigenvalue weighted by atomic mass is 35.5. The van der Waals surface area contributed by atoms with Crippen LogP contribution < -0.4 is 11.1 Å². The van der Waals surface area contributed by atoms with Crippen molar-refractivity contribution in [3.63, 3.8) is 0 Å². The molecular weight excluding hydrogens is 295 g/mol. The van der Waals surface area contributed by atoms with Crippen LogP contribution >= 0.6 is 23.2 Å². The number of rotatable bonds is 4. The zero-order chi connectivity index (χ0) is 14.5. The van der Waals surface area contributed by atoms with Crippen molar-refractivity contribution in [3.05, 3.63) is 64.1 Å². The maximum Gasteiger partial charge on any atom is 0.241 e. The van der Waals surface area contributed by atoms with Crippen molar-refractivity contribution in [1.82, 2.24) is 0 Å². The number of hydrogen-bond acceptors (Lipinski definition) is 2. The summed E-state index contributed by atoms with van der Waals surface area (Å²) in [4.78, 5) is 12.1. The summed E-state index contributed by atoms with van der Waals surface area (Å²) in [5.74, 6) is -0.316. The number of carbonyl (C=O) groups is 1. The normalized spacial score (nSPS) is 11.9. The van der Waals surface area contributed by atoms with Crippen LogP contribution in [0.4, 0.5) is 5.69 Å². The van der Waals surface area contributed by atoms with E-state index in [2.05, 4.69) is 5.32 Å². The standard InChI is InChI=1S/C15H14Cl2N2O/c16-11-7-4-8-12(17)14(11)19-15(20)13(18)9-10-5-2-1-3-6-10/h1-8,13H,9,18H2,(H,19,20)/t13-/m0/s1. The van der Waals surface area contributed by atoms with Gasteiger partial charge >= 0.3 is 0 Å². The van der Waals surface area contributed by atoms with Crippen molar-refractivity contribution in [1.29, 1.82) is 0 Å². The second-order valence-electron chi connectivity index (χ2n) is 4.38. The summed E-state index contributed by atoms with van der Waals surface area (Å²) in [5, 5.41) is 3.44. The fourth-order valence-corrected chi connectivity index (χ4v) is 2.29. The summed E-state index contributed by atoms with van der Waals surface area (Å²) in [6, 6.07) is 14.0. The van der Waals surface area contributed by atoms with Crippen LogP contribution in [-0.4, -0.2) is 11.9 Å². The van der Waals surface area contributed by atoms with E-state index in [1.54, 1.807) is 18.2 Å². The molecule has 0 aromatic heterocycles. The van der Waals surface area contributed by atoms with Crippen LogP contribution in [0.2, 0.25) is 10.0 Å². The van der Waals surface area contributed by atoms with E-state index in [-0.39, 0.29) is 5.91 Å². The van der Waals surface area contributed by atoms with E-state index >= 15 is 0 Å². The number of para-hydroxylation sites is 1. The minimum Gasteiger partial charge on any atom is -0.322 e. The quantitative estimate of drug-likeness (QED) is 0.908. The molecule has 0 heterocycles. The summed E-state index contributed by atoms with van der Waals surface area (Å²) in [5.41, 5.74) is 7.29. The van der Waals surface area contributed by atoms with Crippen LogP contribution in [0.25, 0.3) is 0 Å². The zero-order valence-electron chi connectivity index (χ0n) is 10.6. The summed E-state index contributed by atoms with van der Waals surface area (Å²) in [6.07, 6.45) is 0.453. The molecule has 0 saturated heterocycles. The van der Waals surface area contributed by atoms with E-state index < -0.39 is 6.04 Å². The Labute approximate surface area is 127 Å². The topological polar surface area (TPSA) is 55.1 Å². The third-order valence-electron chi connectivity index (χ3n) is 2.85. The number of anilines is 1. The molecule has 3 nitrogen and oxygen atoms in total. The average molecular weight is 309 g/mol. The molecule has 0 aliphatic rings. The van der Waals surface area contributed by atoms with Gasteiger partial charge in [0.05, 0.1) is 21.8 Å². The van der Waals surface area contributed by atoms with Crippen LogP contribution in [0.3, 0.4) is 0 Å². The van der Waals surface area contributed by atoms with Gasteiger partial charge in [-0.2, -0.15) is 0 Å². The molecule has 0 bridgehead atoms. The maximum absolute atomic E-state index is 12.1. The first-order valence-electron chi connectivity index (χ1n) is 6.12. The SMILES string of the molecule is N[C@@H](Cc1ccccc1)C(=O)Nc1c(Cl)cccc1Cl. The number of hydrogen-bond donors (Lipinski definition) is 2. The molecule has 0 aliphatic heterocycles. The lowest BCUT2D eigenvalue weighted by Gasteiger charge is -2.14. The Hall–Kier alpha value is -1.55. The monoisotopic (exact) mass is 308 g/mol. The molecule has 0 spiro atoms. The number of amides is 1. The molecule has 5 heteroatoms. The lowest BCUT2D eigenvalue weighted by molar-refractivity contribution is -0.117. The third-order valence-corrected chi connectivity index (χ3v) is 3.48. The predicted molar refractivity (Wildman–Crippen MR) is 83.2 cm³/mol. The molecule has 2 rings (SSSR count). The summed E-state index contributed by atoms with van der Waals surface area (Å²) in [7, 11) is 0. The van der Waals surface area contributed by atoms with Gasteiger partial charge in [-0.05, 0) is 24.1 Å². The molecular formula is C15H14Cl2N2O. The highest BCUT2D eigenvalue weighted by molar-refractivity contribution is 6.39. The number of benzene rings is 2. The molecule has 0 radical (unpaired) electrons. The molecule has 2 aromatic carbocycles. The van der Waals surface area contributed by atoms with Gasteiger partial charge in [-0.1, -0.05) is 59.6 Å². The van der Waals surface area contributed by atoms with Gasteiger partial charge in [-0.25, -0.2) is 0 Å². The van der Waals surface area contributed by atoms with E-state index in [1.807, 2.05) is 30.3 Å². The Balaban J connectivity index is 2.05. The van der Waals surface area contributed by atoms with Crippen molar-refractivity contribution >= 4 is 34.8 Å². The van der Waals surface area contributed by atoms with E-state index in [0.717, 1.165) is 5.56 Å². The van der Waals surface area contributed by atoms with Gasteiger partial charge in [0.15, 0.2) is 0 Å². The van der Waals surface area contributed by atoms with Crippen molar-refractivity contribution in [3.8, 4) is 0 Å². The van der Waals surface area contributed by atoms with Crippen molar-refractivity contribution in [2.24, 2.45) is 5.73 Å². The molecule has 0 unspecified atom stereocenters. The Kier molecular flexibility index (Phi) is 5.01. The second kappa shape index (κ2) is 6.75. The molecule has 2 aromatic rings. The lowest BCUT2D eigenvalue weighted by Crippen LogP contribution is -2.37. The first-order valence-corrected chi connectivity index (χ1v) is 6.88. The van der Waals surface area contributed by atoms with Gasteiger partial charge in [0.25, 0.3) is 0 Å². The van der Waals surface area contributed by atoms with Gasteiger partial charge in [0, 0.05) is 0 Å². The smallest absolute Gasteiger partial charge is 0.241 e. The molecule has 0 saturated carbocycles. The van der Waals surface area contributed by atoms with Crippen LogP contribution in [0, 0.1) is 0 Å². The maximum atomic E-state index is 12.1. The highest BCUT2D eigenvalue weighted by Crippen LogP contribution is 2.29. The number of nitrogens with one attached hydrogen (secondary N) is 1. The predicted octanol–water partition coefficient (Wildman–Crippen LogP) is 3.50. The van der Waals surface area contributed by atoms with E-state index in [9.17, 15) is 4.79 Å². The zero-order valence-corrected chi connectivity index (χ0v) is 12.2. The minimum absolute atomic E-state index is 0.316. The first-order chi connectivity index (χ1) is 9.58. The van der Waals surface area contributed by atoms with Crippen LogP contribution in [0.1, 0.15) is 5.56 Å². The molecule has 1 amide bonds. The van der Waals surface area contributed by atoms with E-state index in [0.29, 0.717) is 22.2 Å². The van der Waals surface area contributed by atoms with Crippen molar-refractivity contribution in [2.75, 3.05) is 5.32 Å². The van der Waals surface area contributed by atoms with Gasteiger partial charge in [0.1, 0.15) is 0 Å².